The fourth-order valence-electron chi connectivity index (χ4n) is 1.56. The molecule has 4 heteroatoms. The lowest BCUT2D eigenvalue weighted by Crippen LogP contribution is -2.75. The van der Waals surface area contributed by atoms with Gasteiger partial charge in [0, 0.05) is 0 Å². The van der Waals surface area contributed by atoms with E-state index in [2.05, 4.69) is 5.43 Å². The summed E-state index contributed by atoms with van der Waals surface area (Å²) < 4.78 is 0. The van der Waals surface area contributed by atoms with Gasteiger partial charge in [0.15, 0.2) is 0 Å². The first-order chi connectivity index (χ1) is 4.72. The van der Waals surface area contributed by atoms with Crippen molar-refractivity contribution in [1.29, 1.82) is 0 Å². The molecule has 1 spiro atoms. The maximum absolute atomic E-state index is 10.3. The van der Waals surface area contributed by atoms with E-state index in [9.17, 15) is 4.79 Å². The summed E-state index contributed by atoms with van der Waals surface area (Å²) in [6.45, 7) is 0.683. The second-order valence-electron chi connectivity index (χ2n) is 3.11. The third-order valence-electron chi connectivity index (χ3n) is 2.37. The molecule has 1 heterocycles. The maximum atomic E-state index is 10.3. The number of rotatable bonds is 0. The third kappa shape index (κ3) is 0.623. The Hall–Kier alpha value is -0.770. The molecule has 2 N–H and O–H groups in total. The van der Waals surface area contributed by atoms with E-state index in [1.165, 1.54) is 11.4 Å². The van der Waals surface area contributed by atoms with Gasteiger partial charge in [0.2, 0.25) is 0 Å². The van der Waals surface area contributed by atoms with Gasteiger partial charge in [-0.05, 0) is 19.3 Å². The summed E-state index contributed by atoms with van der Waals surface area (Å²) in [6.07, 6.45) is 2.64. The maximum Gasteiger partial charge on any atom is 0.421 e. The van der Waals surface area contributed by atoms with Gasteiger partial charge in [-0.2, -0.15) is 0 Å². The van der Waals surface area contributed by atoms with Crippen LogP contribution in [-0.2, 0) is 0 Å². The number of nitrogens with zero attached hydrogens (tertiary/aromatic N) is 1. The molecule has 2 aliphatic rings. The number of nitrogens with one attached hydrogen (secondary N) is 1. The second-order valence-corrected chi connectivity index (χ2v) is 3.11. The molecule has 4 nitrogen and oxygen atoms in total. The fourth-order valence-corrected chi connectivity index (χ4v) is 1.56. The van der Waals surface area contributed by atoms with Crippen LogP contribution in [0.5, 0.6) is 0 Å². The van der Waals surface area contributed by atoms with Crippen LogP contribution in [0.25, 0.3) is 0 Å². The first kappa shape index (κ1) is 5.97. The van der Waals surface area contributed by atoms with Crippen molar-refractivity contribution in [2.45, 2.75) is 24.8 Å². The highest BCUT2D eigenvalue weighted by atomic mass is 16.4. The SMILES string of the molecule is O=C(O)N1CC2(CCC2)N1. The van der Waals surface area contributed by atoms with E-state index in [4.69, 9.17) is 5.11 Å². The molecule has 0 bridgehead atoms. The normalized spacial score (nSPS) is 27.4. The number of carboxylic acid groups (broad SMARTS) is 1. The summed E-state index contributed by atoms with van der Waals surface area (Å²) in [5.74, 6) is 0. The zero-order chi connectivity index (χ0) is 7.19. The molecule has 0 aromatic carbocycles. The van der Waals surface area contributed by atoms with E-state index >= 15 is 0 Å². The molecule has 0 atom stereocenters. The lowest BCUT2D eigenvalue weighted by molar-refractivity contribution is -0.0596. The molecule has 2 fully saturated rings. The first-order valence-electron chi connectivity index (χ1n) is 3.50. The van der Waals surface area contributed by atoms with Crippen molar-refractivity contribution in [3.05, 3.63) is 0 Å². The smallest absolute Gasteiger partial charge is 0.421 e. The Labute approximate surface area is 58.8 Å². The molecule has 0 radical (unpaired) electrons. The van der Waals surface area contributed by atoms with Crippen molar-refractivity contribution in [2.24, 2.45) is 0 Å². The van der Waals surface area contributed by atoms with Crippen molar-refractivity contribution >= 4 is 6.09 Å². The fraction of sp³-hybridized carbons (Fsp3) is 0.833. The largest absolute Gasteiger partial charge is 0.464 e. The molecule has 0 unspecified atom stereocenters. The highest BCUT2D eigenvalue weighted by Crippen LogP contribution is 2.37. The second kappa shape index (κ2) is 1.63. The quantitative estimate of drug-likeness (QED) is 0.515. The van der Waals surface area contributed by atoms with Crippen molar-refractivity contribution in [2.75, 3.05) is 6.54 Å². The molecule has 1 aliphatic carbocycles. The molecule has 1 aliphatic heterocycles. The lowest BCUT2D eigenvalue weighted by atomic mass is 9.75. The topological polar surface area (TPSA) is 52.6 Å². The van der Waals surface area contributed by atoms with Gasteiger partial charge in [-0.15, -0.1) is 0 Å². The molecular formula is C6H10N2O2. The van der Waals surface area contributed by atoms with Crippen molar-refractivity contribution in [3.8, 4) is 0 Å². The molecule has 10 heavy (non-hydrogen) atoms. The van der Waals surface area contributed by atoms with Crippen LogP contribution in [0.3, 0.4) is 0 Å². The van der Waals surface area contributed by atoms with Gasteiger partial charge < -0.3 is 5.11 Å². The summed E-state index contributed by atoms with van der Waals surface area (Å²) in [5, 5.41) is 9.70. The van der Waals surface area contributed by atoms with Crippen LogP contribution in [-0.4, -0.2) is 28.3 Å². The highest BCUT2D eigenvalue weighted by Gasteiger charge is 2.48. The molecular weight excluding hydrogens is 132 g/mol. The van der Waals surface area contributed by atoms with Crippen LogP contribution in [0.2, 0.25) is 0 Å². The zero-order valence-corrected chi connectivity index (χ0v) is 5.63. The molecule has 1 saturated heterocycles. The predicted octanol–water partition coefficient (Wildman–Crippen LogP) is 0.407. The van der Waals surface area contributed by atoms with E-state index in [0.29, 0.717) is 6.54 Å². The standard InChI is InChI=1S/C6H10N2O2/c9-5(10)8-4-6(7-8)2-1-3-6/h7H,1-4H2,(H,9,10). The summed E-state index contributed by atoms with van der Waals surface area (Å²) in [7, 11) is 0. The van der Waals surface area contributed by atoms with Crippen molar-refractivity contribution in [1.82, 2.24) is 10.4 Å². The van der Waals surface area contributed by atoms with Crippen LogP contribution < -0.4 is 5.43 Å². The van der Waals surface area contributed by atoms with Crippen LogP contribution >= 0.6 is 0 Å². The molecule has 2 rings (SSSR count). The van der Waals surface area contributed by atoms with Crippen LogP contribution in [0, 0.1) is 0 Å². The lowest BCUT2D eigenvalue weighted by Gasteiger charge is -2.55. The first-order valence-corrected chi connectivity index (χ1v) is 3.50. The van der Waals surface area contributed by atoms with Crippen molar-refractivity contribution in [3.63, 3.8) is 0 Å². The molecule has 56 valence electrons. The summed E-state index contributed by atoms with van der Waals surface area (Å²) in [6, 6.07) is 0. The van der Waals surface area contributed by atoms with Gasteiger partial charge in [-0.25, -0.2) is 15.2 Å². The van der Waals surface area contributed by atoms with Crippen LogP contribution in [0.4, 0.5) is 4.79 Å². The Bertz CT molecular complexity index is 169. The third-order valence-corrected chi connectivity index (χ3v) is 2.37. The number of hydrogen-bond acceptors (Lipinski definition) is 2. The van der Waals surface area contributed by atoms with E-state index in [1.54, 1.807) is 0 Å². The monoisotopic (exact) mass is 142 g/mol. The van der Waals surface area contributed by atoms with Gasteiger partial charge >= 0.3 is 6.09 Å². The number of amides is 1. The van der Waals surface area contributed by atoms with Gasteiger partial charge in [0.25, 0.3) is 0 Å². The zero-order valence-electron chi connectivity index (χ0n) is 5.63. The van der Waals surface area contributed by atoms with E-state index in [1.807, 2.05) is 0 Å². The van der Waals surface area contributed by atoms with Gasteiger partial charge in [0.1, 0.15) is 0 Å². The molecule has 1 amide bonds. The van der Waals surface area contributed by atoms with E-state index < -0.39 is 6.09 Å². The van der Waals surface area contributed by atoms with E-state index in [-0.39, 0.29) is 5.54 Å². The highest BCUT2D eigenvalue weighted by molar-refractivity contribution is 5.65. The minimum absolute atomic E-state index is 0.193. The van der Waals surface area contributed by atoms with Gasteiger partial charge in [-0.1, -0.05) is 0 Å². The summed E-state index contributed by atoms with van der Waals surface area (Å²) in [4.78, 5) is 10.3. The number of hydrazine groups is 1. The number of carbonyl (C=O) groups is 1. The van der Waals surface area contributed by atoms with Crippen LogP contribution in [0.15, 0.2) is 0 Å². The van der Waals surface area contributed by atoms with E-state index in [0.717, 1.165) is 12.8 Å². The predicted molar refractivity (Wildman–Crippen MR) is 34.4 cm³/mol. The Kier molecular flexibility index (Phi) is 0.976. The number of hydrogen-bond donors (Lipinski definition) is 2. The summed E-state index contributed by atoms with van der Waals surface area (Å²) >= 11 is 0. The Morgan fingerprint density at radius 3 is 2.50 bits per heavy atom. The minimum Gasteiger partial charge on any atom is -0.464 e. The molecule has 0 aromatic heterocycles. The Morgan fingerprint density at radius 1 is 1.60 bits per heavy atom. The van der Waals surface area contributed by atoms with Gasteiger partial charge in [0.05, 0.1) is 12.1 Å². The average Bonchev–Trinajstić information content (AvgIpc) is 1.54. The Morgan fingerprint density at radius 2 is 2.20 bits per heavy atom. The Balaban J connectivity index is 1.88. The molecule has 0 aromatic rings. The minimum atomic E-state index is -0.863. The van der Waals surface area contributed by atoms with Crippen LogP contribution in [0.1, 0.15) is 19.3 Å². The van der Waals surface area contributed by atoms with Gasteiger partial charge in [-0.3, -0.25) is 0 Å². The molecule has 1 saturated carbocycles. The van der Waals surface area contributed by atoms with Crippen molar-refractivity contribution < 1.29 is 9.90 Å². The summed E-state index contributed by atoms with van der Waals surface area (Å²) in [5.41, 5.74) is 3.12. The average molecular weight is 142 g/mol.